The van der Waals surface area contributed by atoms with Gasteiger partial charge in [-0.15, -0.1) is 0 Å². The Morgan fingerprint density at radius 1 is 0.971 bits per heavy atom. The van der Waals surface area contributed by atoms with Crippen molar-refractivity contribution in [1.82, 2.24) is 43.9 Å². The van der Waals surface area contributed by atoms with Gasteiger partial charge in [0.05, 0.1) is 43.0 Å². The highest BCUT2D eigenvalue weighted by molar-refractivity contribution is 6.01. The van der Waals surface area contributed by atoms with Gasteiger partial charge in [0.25, 0.3) is 11.5 Å². The van der Waals surface area contributed by atoms with Crippen LogP contribution in [0.1, 0.15) is 95.1 Å². The Balaban J connectivity index is 0.742. The number of fused-ring (bicyclic) bond motifs is 2. The minimum atomic E-state index is -0.484. The van der Waals surface area contributed by atoms with Crippen molar-refractivity contribution in [3.8, 4) is 11.4 Å². The van der Waals surface area contributed by atoms with Gasteiger partial charge in [-0.25, -0.2) is 9.37 Å². The molecule has 4 aliphatic rings. The maximum Gasteiger partial charge on any atom is 0.257 e. The molecule has 0 unspecified atom stereocenters. The number of carbonyl (C=O) groups is 3. The molecule has 0 radical (unpaired) electrons. The summed E-state index contributed by atoms with van der Waals surface area (Å²) in [6, 6.07) is 18.4. The molecule has 17 heteroatoms. The van der Waals surface area contributed by atoms with Gasteiger partial charge in [-0.3, -0.25) is 43.5 Å². The molecule has 4 aromatic heterocycles. The van der Waals surface area contributed by atoms with Crippen LogP contribution in [0.25, 0.3) is 22.3 Å². The topological polar surface area (TPSA) is 164 Å². The summed E-state index contributed by atoms with van der Waals surface area (Å²) in [4.78, 5) is 62.2. The molecule has 6 aromatic rings. The number of anilines is 2. The van der Waals surface area contributed by atoms with E-state index < -0.39 is 6.04 Å². The van der Waals surface area contributed by atoms with E-state index in [4.69, 9.17) is 9.84 Å². The van der Waals surface area contributed by atoms with Crippen LogP contribution in [0.5, 0.6) is 5.75 Å². The number of carbonyl (C=O) groups excluding carboxylic acids is 3. The van der Waals surface area contributed by atoms with Crippen molar-refractivity contribution < 1.29 is 23.5 Å². The fraction of sp³-hybridized carbons (Fsp3) is 0.396. The summed E-state index contributed by atoms with van der Waals surface area (Å²) in [5.41, 5.74) is 9.73. The molecule has 8 heterocycles. The van der Waals surface area contributed by atoms with Crippen LogP contribution in [-0.4, -0.2) is 109 Å². The summed E-state index contributed by atoms with van der Waals surface area (Å²) in [6.07, 6.45) is 8.98. The SMILES string of the molecule is CNc1ccn(-c2ccnc3c2cc([C@H](C)N2CC=C(c4c(C)cc(C(=O)N5CCn6nc(CN7CCC(c8ccc(N[C@H]9CCC(=O)NC9=O)c(OC)c8)CC7)cc6C5)cc4F)CC2)n3C)c(=O)c1. The van der Waals surface area contributed by atoms with E-state index in [-0.39, 0.29) is 35.1 Å². The Morgan fingerprint density at radius 2 is 1.80 bits per heavy atom. The van der Waals surface area contributed by atoms with Crippen molar-refractivity contribution in [2.45, 2.75) is 83.6 Å². The second-order valence-corrected chi connectivity index (χ2v) is 19.1. The molecular weight excluding hydrogens is 890 g/mol. The quantitative estimate of drug-likeness (QED) is 0.115. The molecular formula is C53H60FN11O5. The van der Waals surface area contributed by atoms with Gasteiger partial charge in [0, 0.05) is 99.1 Å². The molecule has 0 saturated carbocycles. The van der Waals surface area contributed by atoms with E-state index in [2.05, 4.69) is 72.6 Å². The molecule has 2 aromatic carbocycles. The van der Waals surface area contributed by atoms with Crippen molar-refractivity contribution in [3.63, 3.8) is 0 Å². The van der Waals surface area contributed by atoms with Gasteiger partial charge in [-0.1, -0.05) is 12.1 Å². The van der Waals surface area contributed by atoms with Gasteiger partial charge in [0.1, 0.15) is 23.3 Å². The van der Waals surface area contributed by atoms with Gasteiger partial charge >= 0.3 is 0 Å². The first-order valence-electron chi connectivity index (χ1n) is 24.3. The number of nitrogens with zero attached hydrogens (tertiary/aromatic N) is 8. The maximum absolute atomic E-state index is 16.2. The number of piperidine rings is 2. The summed E-state index contributed by atoms with van der Waals surface area (Å²) >= 11 is 0. The lowest BCUT2D eigenvalue weighted by atomic mass is 9.89. The van der Waals surface area contributed by atoms with Crippen molar-refractivity contribution >= 4 is 45.7 Å². The van der Waals surface area contributed by atoms with Crippen molar-refractivity contribution in [2.24, 2.45) is 7.05 Å². The smallest absolute Gasteiger partial charge is 0.257 e. The number of benzene rings is 2. The summed E-state index contributed by atoms with van der Waals surface area (Å²) in [5.74, 6) is -0.0903. The monoisotopic (exact) mass is 949 g/mol. The Hall–Kier alpha value is -7.11. The van der Waals surface area contributed by atoms with Crippen LogP contribution in [0.3, 0.4) is 0 Å². The van der Waals surface area contributed by atoms with Gasteiger partial charge in [0.15, 0.2) is 0 Å². The average Bonchev–Trinajstić information content (AvgIpc) is 3.94. The van der Waals surface area contributed by atoms with Crippen LogP contribution < -0.4 is 26.2 Å². The molecule has 3 N–H and O–H groups in total. The molecule has 2 fully saturated rings. The highest BCUT2D eigenvalue weighted by Crippen LogP contribution is 2.37. The van der Waals surface area contributed by atoms with Gasteiger partial charge < -0.3 is 24.8 Å². The molecule has 4 aliphatic heterocycles. The van der Waals surface area contributed by atoms with E-state index in [9.17, 15) is 19.2 Å². The van der Waals surface area contributed by atoms with Gasteiger partial charge in [-0.2, -0.15) is 5.10 Å². The highest BCUT2D eigenvalue weighted by atomic mass is 19.1. The lowest BCUT2D eigenvalue weighted by Gasteiger charge is -2.32. The number of hydrogen-bond acceptors (Lipinski definition) is 11. The number of pyridine rings is 2. The number of aromatic nitrogens is 5. The van der Waals surface area contributed by atoms with E-state index in [0.29, 0.717) is 68.2 Å². The first-order valence-corrected chi connectivity index (χ1v) is 24.3. The number of halogens is 1. The number of rotatable bonds is 12. The number of hydrogen-bond donors (Lipinski definition) is 3. The molecule has 10 rings (SSSR count). The van der Waals surface area contributed by atoms with Crippen LogP contribution in [-0.2, 0) is 36.3 Å². The van der Waals surface area contributed by atoms with E-state index in [0.717, 1.165) is 95.3 Å². The number of likely N-dealkylation sites (tertiary alicyclic amines) is 1. The summed E-state index contributed by atoms with van der Waals surface area (Å²) in [6.45, 7) is 9.41. The largest absolute Gasteiger partial charge is 0.495 e. The predicted octanol–water partition coefficient (Wildman–Crippen LogP) is 6.52. The molecule has 2 atom stereocenters. The third kappa shape index (κ3) is 9.10. The van der Waals surface area contributed by atoms with E-state index in [1.54, 1.807) is 42.1 Å². The van der Waals surface area contributed by atoms with Gasteiger partial charge in [-0.05, 0) is 124 Å². The van der Waals surface area contributed by atoms with E-state index in [1.165, 1.54) is 11.6 Å². The minimum Gasteiger partial charge on any atom is -0.495 e. The highest BCUT2D eigenvalue weighted by Gasteiger charge is 2.31. The molecule has 364 valence electrons. The minimum absolute atomic E-state index is 0.0232. The predicted molar refractivity (Wildman–Crippen MR) is 267 cm³/mol. The summed E-state index contributed by atoms with van der Waals surface area (Å²) < 4.78 is 27.6. The van der Waals surface area contributed by atoms with Crippen molar-refractivity contribution in [3.05, 3.63) is 135 Å². The first-order chi connectivity index (χ1) is 33.8. The Bertz CT molecular complexity index is 3090. The normalized spacial score (nSPS) is 18.6. The Labute approximate surface area is 406 Å². The molecule has 0 bridgehead atoms. The fourth-order valence-corrected chi connectivity index (χ4v) is 10.9. The molecule has 0 aliphatic carbocycles. The van der Waals surface area contributed by atoms with Crippen LogP contribution >= 0.6 is 0 Å². The van der Waals surface area contributed by atoms with Gasteiger partial charge in [0.2, 0.25) is 11.8 Å². The van der Waals surface area contributed by atoms with E-state index >= 15 is 4.39 Å². The summed E-state index contributed by atoms with van der Waals surface area (Å²) in [5, 5.41) is 14.5. The Kier molecular flexibility index (Phi) is 12.9. The van der Waals surface area contributed by atoms with Crippen LogP contribution in [0.15, 0.2) is 83.9 Å². The lowest BCUT2D eigenvalue weighted by Crippen LogP contribution is -2.47. The molecule has 16 nitrogen and oxygen atoms in total. The second-order valence-electron chi connectivity index (χ2n) is 19.1. The zero-order valence-electron chi connectivity index (χ0n) is 40.4. The zero-order chi connectivity index (χ0) is 48.8. The second kappa shape index (κ2) is 19.4. The van der Waals surface area contributed by atoms with Crippen LogP contribution in [0, 0.1) is 12.7 Å². The molecule has 2 saturated heterocycles. The zero-order valence-corrected chi connectivity index (χ0v) is 40.4. The standard InChI is InChI=1S/C53H60FN11O5/c1-32-24-37(25-42(54)50(32)35-13-19-62(20-14-35)33(2)46-29-41-45(10-16-56-51(41)60(46)4)64-21-15-38(55-3)28-49(64)67)53(69)63-22-23-65-40(31-63)27-39(59-65)30-61-17-11-34(12-18-61)36-6-7-43(47(26-36)70-5)57-44-8-9-48(66)58-52(44)68/h6-7,10,13,15-16,21,24-29,33-34,44,55,57H,8-9,11-12,14,17-20,22-23,30-31H2,1-5H3,(H,58,66,68)/t33-,44-/m0/s1. The number of aryl methyl sites for hydroxylation is 2. The summed E-state index contributed by atoms with van der Waals surface area (Å²) in [7, 11) is 5.42. The van der Waals surface area contributed by atoms with E-state index in [1.807, 2.05) is 42.9 Å². The third-order valence-corrected chi connectivity index (χ3v) is 14.9. The molecule has 70 heavy (non-hydrogen) atoms. The third-order valence-electron chi connectivity index (χ3n) is 14.9. The average molecular weight is 950 g/mol. The van der Waals surface area contributed by atoms with Crippen LogP contribution in [0.2, 0.25) is 0 Å². The number of imide groups is 1. The van der Waals surface area contributed by atoms with Crippen molar-refractivity contribution in [1.29, 1.82) is 0 Å². The number of ether oxygens (including phenoxy) is 1. The lowest BCUT2D eigenvalue weighted by molar-refractivity contribution is -0.133. The van der Waals surface area contributed by atoms with Crippen LogP contribution in [0.4, 0.5) is 15.8 Å². The number of methoxy groups -OCH3 is 1. The van der Waals surface area contributed by atoms with Crippen molar-refractivity contribution in [2.75, 3.05) is 57.5 Å². The number of nitrogens with one attached hydrogen (secondary N) is 3. The maximum atomic E-state index is 16.2. The fourth-order valence-electron chi connectivity index (χ4n) is 10.9. The Morgan fingerprint density at radius 3 is 2.53 bits per heavy atom. The number of amides is 3. The molecule has 3 amide bonds. The molecule has 0 spiro atoms. The first kappa shape index (κ1) is 46.6.